The average molecular weight is 282 g/mol. The number of hydrogen-bond donors (Lipinski definition) is 1. The molecule has 1 aromatic rings. The van der Waals surface area contributed by atoms with Gasteiger partial charge >= 0.3 is 5.97 Å². The van der Waals surface area contributed by atoms with Gasteiger partial charge < -0.3 is 5.11 Å². The normalized spacial score (nSPS) is 13.8. The van der Waals surface area contributed by atoms with Crippen molar-refractivity contribution in [3.63, 3.8) is 0 Å². The number of carboxylic acid groups (broad SMARTS) is 1. The molecule has 0 aliphatic carbocycles. The molecule has 84 valence electrons. The molecule has 1 N–H and O–H groups in total. The number of rotatable bonds is 4. The highest BCUT2D eigenvalue weighted by atomic mass is 79.9. The minimum Gasteiger partial charge on any atom is -0.481 e. The van der Waals surface area contributed by atoms with E-state index in [-0.39, 0.29) is 6.42 Å². The Morgan fingerprint density at radius 1 is 1.50 bits per heavy atom. The van der Waals surface area contributed by atoms with Crippen LogP contribution in [0.25, 0.3) is 0 Å². The molecule has 1 rings (SSSR count). The second-order valence-corrected chi connectivity index (χ2v) is 4.76. The van der Waals surface area contributed by atoms with Crippen LogP contribution in [0.4, 0.5) is 0 Å². The summed E-state index contributed by atoms with van der Waals surface area (Å²) in [5, 5.41) is 17.8. The van der Waals surface area contributed by atoms with Gasteiger partial charge in [-0.05, 0) is 31.0 Å². The van der Waals surface area contributed by atoms with Gasteiger partial charge in [0.2, 0.25) is 0 Å². The van der Waals surface area contributed by atoms with Gasteiger partial charge in [-0.15, -0.1) is 0 Å². The molecule has 0 spiro atoms. The van der Waals surface area contributed by atoms with Crippen LogP contribution in [-0.4, -0.2) is 11.1 Å². The fourth-order valence-corrected chi connectivity index (χ4v) is 1.70. The van der Waals surface area contributed by atoms with Gasteiger partial charge in [0.05, 0.1) is 11.5 Å². The Morgan fingerprint density at radius 2 is 2.06 bits per heavy atom. The van der Waals surface area contributed by atoms with Gasteiger partial charge in [0, 0.05) is 10.9 Å². The van der Waals surface area contributed by atoms with Gasteiger partial charge in [-0.25, -0.2) is 0 Å². The molecular weight excluding hydrogens is 270 g/mol. The molecule has 4 heteroatoms. The summed E-state index contributed by atoms with van der Waals surface area (Å²) in [6.45, 7) is 1.76. The standard InChI is InChI=1S/C12H12BrNO2/c1-12(8-14,7-6-11(15)16)9-2-4-10(13)5-3-9/h2-5H,6-7H2,1H3,(H,15,16). The van der Waals surface area contributed by atoms with Gasteiger partial charge in [-0.1, -0.05) is 28.1 Å². The van der Waals surface area contributed by atoms with E-state index in [1.165, 1.54) is 0 Å². The van der Waals surface area contributed by atoms with Crippen molar-refractivity contribution in [2.75, 3.05) is 0 Å². The molecule has 0 aliphatic heterocycles. The third-order valence-corrected chi connectivity index (χ3v) is 3.10. The fourth-order valence-electron chi connectivity index (χ4n) is 1.44. The molecule has 0 fully saturated rings. The first-order chi connectivity index (χ1) is 7.48. The number of nitriles is 1. The summed E-state index contributed by atoms with van der Waals surface area (Å²) in [5.74, 6) is -0.876. The minimum atomic E-state index is -0.876. The van der Waals surface area contributed by atoms with Gasteiger partial charge in [-0.3, -0.25) is 4.79 Å². The zero-order valence-corrected chi connectivity index (χ0v) is 10.5. The number of halogens is 1. The molecule has 0 heterocycles. The largest absolute Gasteiger partial charge is 0.481 e. The van der Waals surface area contributed by atoms with E-state index in [0.29, 0.717) is 6.42 Å². The van der Waals surface area contributed by atoms with Crippen LogP contribution >= 0.6 is 15.9 Å². The van der Waals surface area contributed by atoms with Crippen LogP contribution < -0.4 is 0 Å². The van der Waals surface area contributed by atoms with Crippen molar-refractivity contribution < 1.29 is 9.90 Å². The third kappa shape index (κ3) is 3.07. The first-order valence-electron chi connectivity index (χ1n) is 4.87. The molecule has 3 nitrogen and oxygen atoms in total. The maximum absolute atomic E-state index is 10.5. The lowest BCUT2D eigenvalue weighted by Crippen LogP contribution is -2.20. The minimum absolute atomic E-state index is 0.000123. The van der Waals surface area contributed by atoms with E-state index in [0.717, 1.165) is 10.0 Å². The molecule has 1 unspecified atom stereocenters. The molecule has 0 bridgehead atoms. The summed E-state index contributed by atoms with van der Waals surface area (Å²) in [5.41, 5.74) is 0.110. The highest BCUT2D eigenvalue weighted by Crippen LogP contribution is 2.29. The number of nitrogens with zero attached hydrogens (tertiary/aromatic N) is 1. The van der Waals surface area contributed by atoms with Crippen molar-refractivity contribution in [3.8, 4) is 6.07 Å². The van der Waals surface area contributed by atoms with E-state index in [1.54, 1.807) is 6.92 Å². The summed E-state index contributed by atoms with van der Waals surface area (Å²) >= 11 is 3.32. The zero-order valence-electron chi connectivity index (χ0n) is 8.90. The lowest BCUT2D eigenvalue weighted by Gasteiger charge is -2.21. The number of carboxylic acids is 1. The molecule has 16 heavy (non-hydrogen) atoms. The van der Waals surface area contributed by atoms with E-state index in [9.17, 15) is 4.79 Å². The van der Waals surface area contributed by atoms with Crippen molar-refractivity contribution in [1.29, 1.82) is 5.26 Å². The molecule has 0 saturated heterocycles. The quantitative estimate of drug-likeness (QED) is 0.923. The summed E-state index contributed by atoms with van der Waals surface area (Å²) < 4.78 is 0.940. The van der Waals surface area contributed by atoms with E-state index < -0.39 is 11.4 Å². The number of hydrogen-bond acceptors (Lipinski definition) is 2. The SMILES string of the molecule is CC(C#N)(CCC(=O)O)c1ccc(Br)cc1. The van der Waals surface area contributed by atoms with Crippen LogP contribution in [0.2, 0.25) is 0 Å². The zero-order chi connectivity index (χ0) is 12.2. The predicted octanol–water partition coefficient (Wildman–Crippen LogP) is 3.10. The van der Waals surface area contributed by atoms with Crippen LogP contribution in [0, 0.1) is 11.3 Å². The van der Waals surface area contributed by atoms with E-state index in [1.807, 2.05) is 24.3 Å². The van der Waals surface area contributed by atoms with Gasteiger partial charge in [0.25, 0.3) is 0 Å². The highest BCUT2D eigenvalue weighted by Gasteiger charge is 2.26. The maximum Gasteiger partial charge on any atom is 0.303 e. The highest BCUT2D eigenvalue weighted by molar-refractivity contribution is 9.10. The Morgan fingerprint density at radius 3 is 2.50 bits per heavy atom. The fraction of sp³-hybridized carbons (Fsp3) is 0.333. The number of benzene rings is 1. The first-order valence-corrected chi connectivity index (χ1v) is 5.66. The number of carbonyl (C=O) groups is 1. The molecule has 0 radical (unpaired) electrons. The molecule has 0 amide bonds. The monoisotopic (exact) mass is 281 g/mol. The van der Waals surface area contributed by atoms with Crippen molar-refractivity contribution in [3.05, 3.63) is 34.3 Å². The second-order valence-electron chi connectivity index (χ2n) is 3.84. The van der Waals surface area contributed by atoms with Crippen LogP contribution in [0.1, 0.15) is 25.3 Å². The van der Waals surface area contributed by atoms with Crippen LogP contribution in [-0.2, 0) is 10.2 Å². The van der Waals surface area contributed by atoms with Crippen LogP contribution in [0.3, 0.4) is 0 Å². The molecule has 0 aromatic heterocycles. The van der Waals surface area contributed by atoms with Crippen molar-refractivity contribution in [2.24, 2.45) is 0 Å². The molecule has 1 aromatic carbocycles. The summed E-state index contributed by atoms with van der Waals surface area (Å²) in [7, 11) is 0. The number of aliphatic carboxylic acids is 1. The molecule has 1 atom stereocenters. The summed E-state index contributed by atoms with van der Waals surface area (Å²) in [4.78, 5) is 10.5. The van der Waals surface area contributed by atoms with Crippen molar-refractivity contribution >= 4 is 21.9 Å². The van der Waals surface area contributed by atoms with Gasteiger partial charge in [-0.2, -0.15) is 5.26 Å². The Labute approximate surface area is 103 Å². The van der Waals surface area contributed by atoms with Crippen molar-refractivity contribution in [2.45, 2.75) is 25.2 Å². The Kier molecular flexibility index (Phi) is 4.08. The molecular formula is C12H12BrNO2. The first kappa shape index (κ1) is 12.7. The van der Waals surface area contributed by atoms with E-state index in [2.05, 4.69) is 22.0 Å². The smallest absolute Gasteiger partial charge is 0.303 e. The summed E-state index contributed by atoms with van der Waals surface area (Å²) in [6.07, 6.45) is 0.320. The van der Waals surface area contributed by atoms with Gasteiger partial charge in [0.1, 0.15) is 0 Å². The molecule has 0 aliphatic rings. The van der Waals surface area contributed by atoms with Gasteiger partial charge in [0.15, 0.2) is 0 Å². The van der Waals surface area contributed by atoms with Crippen LogP contribution in [0.5, 0.6) is 0 Å². The molecule has 0 saturated carbocycles. The Hall–Kier alpha value is -1.34. The second kappa shape index (κ2) is 5.13. The van der Waals surface area contributed by atoms with E-state index >= 15 is 0 Å². The lowest BCUT2D eigenvalue weighted by molar-refractivity contribution is -0.137. The maximum atomic E-state index is 10.5. The lowest BCUT2D eigenvalue weighted by atomic mass is 9.80. The topological polar surface area (TPSA) is 61.1 Å². The Bertz CT molecular complexity index is 422. The van der Waals surface area contributed by atoms with Crippen molar-refractivity contribution in [1.82, 2.24) is 0 Å². The van der Waals surface area contributed by atoms with Crippen LogP contribution in [0.15, 0.2) is 28.7 Å². The Balaban J connectivity index is 2.92. The average Bonchev–Trinajstić information content (AvgIpc) is 2.27. The third-order valence-electron chi connectivity index (χ3n) is 2.57. The predicted molar refractivity (Wildman–Crippen MR) is 64.0 cm³/mol. The summed E-state index contributed by atoms with van der Waals surface area (Å²) in [6, 6.07) is 9.58. The van der Waals surface area contributed by atoms with E-state index in [4.69, 9.17) is 10.4 Å².